The van der Waals surface area contributed by atoms with Crippen molar-refractivity contribution in [2.45, 2.75) is 50.3 Å². The Morgan fingerprint density at radius 3 is 2.82 bits per heavy atom. The van der Waals surface area contributed by atoms with Crippen LogP contribution in [0, 0.1) is 0 Å². The number of anilines is 2. The molecule has 2 aromatic heterocycles. The highest BCUT2D eigenvalue weighted by molar-refractivity contribution is 5.82. The predicted molar refractivity (Wildman–Crippen MR) is 116 cm³/mol. The summed E-state index contributed by atoms with van der Waals surface area (Å²) in [5, 5.41) is 0.783. The lowest BCUT2D eigenvalue weighted by Crippen LogP contribution is -2.52. The minimum atomic E-state index is -4.46. The van der Waals surface area contributed by atoms with E-state index < -0.39 is 12.2 Å². The lowest BCUT2D eigenvalue weighted by Gasteiger charge is -2.40. The SMILES string of the molecule is O=c1cc(N2C[C@@H]3C[C@H]2CO3)nc2n1CCC(C(F)(F)F)N2Cc1cccc2ncccc12. The van der Waals surface area contributed by atoms with Gasteiger partial charge in [0, 0.05) is 37.3 Å². The van der Waals surface area contributed by atoms with Gasteiger partial charge in [0.1, 0.15) is 11.9 Å². The first kappa shape index (κ1) is 20.5. The quantitative estimate of drug-likeness (QED) is 0.603. The zero-order valence-electron chi connectivity index (χ0n) is 17.7. The summed E-state index contributed by atoms with van der Waals surface area (Å²) in [4.78, 5) is 25.2. The molecule has 7 nitrogen and oxygen atoms in total. The van der Waals surface area contributed by atoms with Gasteiger partial charge in [-0.1, -0.05) is 18.2 Å². The maximum atomic E-state index is 14.1. The second-order valence-corrected chi connectivity index (χ2v) is 8.86. The molecule has 3 aromatic rings. The third-order valence-corrected chi connectivity index (χ3v) is 6.88. The molecule has 10 heteroatoms. The highest BCUT2D eigenvalue weighted by Crippen LogP contribution is 2.37. The number of nitrogens with zero attached hydrogens (tertiary/aromatic N) is 5. The Hall–Kier alpha value is -3.14. The Bertz CT molecular complexity index is 1270. The maximum absolute atomic E-state index is 14.1. The van der Waals surface area contributed by atoms with Crippen LogP contribution in [0.3, 0.4) is 0 Å². The van der Waals surface area contributed by atoms with Gasteiger partial charge in [0.05, 0.1) is 24.3 Å². The number of morpholine rings is 1. The summed E-state index contributed by atoms with van der Waals surface area (Å²) in [6, 6.07) is 8.84. The van der Waals surface area contributed by atoms with Crippen molar-refractivity contribution < 1.29 is 17.9 Å². The van der Waals surface area contributed by atoms with Crippen molar-refractivity contribution in [2.24, 2.45) is 0 Å². The van der Waals surface area contributed by atoms with Crippen molar-refractivity contribution in [1.29, 1.82) is 0 Å². The third kappa shape index (κ3) is 3.43. The van der Waals surface area contributed by atoms with Crippen LogP contribution in [-0.2, 0) is 17.8 Å². The summed E-state index contributed by atoms with van der Waals surface area (Å²) in [7, 11) is 0. The minimum absolute atomic E-state index is 0.0195. The number of benzene rings is 1. The highest BCUT2D eigenvalue weighted by atomic mass is 19.4. The van der Waals surface area contributed by atoms with Crippen LogP contribution in [-0.4, -0.2) is 52.1 Å². The standard InChI is InChI=1S/C23H22F3N5O2/c24-23(25,26)19-6-8-29-21(32)10-20(30-12-16-9-15(30)13-33-16)28-22(29)31(19)11-14-3-1-5-18-17(14)4-2-7-27-18/h1-5,7,10,15-16,19H,6,8-9,11-13H2/t15-,16-,19?/m0/s1. The molecule has 33 heavy (non-hydrogen) atoms. The molecule has 2 bridgehead atoms. The topological polar surface area (TPSA) is 63.5 Å². The molecule has 2 fully saturated rings. The van der Waals surface area contributed by atoms with Crippen molar-refractivity contribution in [2.75, 3.05) is 23.0 Å². The summed E-state index contributed by atoms with van der Waals surface area (Å²) in [5.41, 5.74) is 1.09. The Labute approximate surface area is 187 Å². The van der Waals surface area contributed by atoms with Gasteiger partial charge < -0.3 is 14.5 Å². The zero-order valence-corrected chi connectivity index (χ0v) is 17.7. The maximum Gasteiger partial charge on any atom is 0.408 e. The van der Waals surface area contributed by atoms with Gasteiger partial charge >= 0.3 is 6.18 Å². The van der Waals surface area contributed by atoms with Gasteiger partial charge in [-0.05, 0) is 30.5 Å². The second kappa shape index (κ2) is 7.44. The molecular weight excluding hydrogens is 435 g/mol. The fraction of sp³-hybridized carbons (Fsp3) is 0.435. The number of hydrogen-bond acceptors (Lipinski definition) is 6. The van der Waals surface area contributed by atoms with Crippen molar-refractivity contribution in [3.63, 3.8) is 0 Å². The van der Waals surface area contributed by atoms with Crippen molar-refractivity contribution >= 4 is 22.7 Å². The fourth-order valence-electron chi connectivity index (χ4n) is 5.30. The number of alkyl halides is 3. The molecule has 172 valence electrons. The van der Waals surface area contributed by atoms with Crippen LogP contribution in [0.1, 0.15) is 18.4 Å². The Morgan fingerprint density at radius 2 is 2.06 bits per heavy atom. The van der Waals surface area contributed by atoms with Crippen molar-refractivity contribution in [1.82, 2.24) is 14.5 Å². The average molecular weight is 457 g/mol. The smallest absolute Gasteiger partial charge is 0.374 e. The van der Waals surface area contributed by atoms with Gasteiger partial charge in [-0.15, -0.1) is 0 Å². The molecule has 1 unspecified atom stereocenters. The van der Waals surface area contributed by atoms with Gasteiger partial charge in [0.2, 0.25) is 5.95 Å². The van der Waals surface area contributed by atoms with E-state index in [0.29, 0.717) is 30.0 Å². The molecule has 3 atom stereocenters. The fourth-order valence-corrected chi connectivity index (χ4v) is 5.30. The van der Waals surface area contributed by atoms with Crippen molar-refractivity contribution in [3.05, 3.63) is 58.5 Å². The van der Waals surface area contributed by atoms with E-state index in [-0.39, 0.29) is 43.2 Å². The monoisotopic (exact) mass is 457 g/mol. The normalized spacial score (nSPS) is 24.5. The van der Waals surface area contributed by atoms with Crippen LogP contribution < -0.4 is 15.4 Å². The second-order valence-electron chi connectivity index (χ2n) is 8.86. The molecular formula is C23H22F3N5O2. The molecule has 1 aromatic carbocycles. The van der Waals surface area contributed by atoms with Crippen molar-refractivity contribution in [3.8, 4) is 0 Å². The number of hydrogen-bond donors (Lipinski definition) is 0. The van der Waals surface area contributed by atoms with E-state index in [2.05, 4.69) is 9.97 Å². The van der Waals surface area contributed by atoms with E-state index in [0.717, 1.165) is 11.8 Å². The van der Waals surface area contributed by atoms with Gasteiger partial charge in [-0.2, -0.15) is 18.2 Å². The van der Waals surface area contributed by atoms with Gasteiger partial charge in [0.15, 0.2) is 0 Å². The number of halogens is 3. The Kier molecular flexibility index (Phi) is 4.62. The lowest BCUT2D eigenvalue weighted by atomic mass is 10.0. The molecule has 0 spiro atoms. The molecule has 2 saturated heterocycles. The third-order valence-electron chi connectivity index (χ3n) is 6.88. The summed E-state index contributed by atoms with van der Waals surface area (Å²) in [6.07, 6.45) is -2.08. The van der Waals surface area contributed by atoms with E-state index in [1.54, 1.807) is 24.4 Å². The Balaban J connectivity index is 1.46. The predicted octanol–water partition coefficient (Wildman–Crippen LogP) is 3.11. The lowest BCUT2D eigenvalue weighted by molar-refractivity contribution is -0.153. The van der Waals surface area contributed by atoms with Crippen LogP contribution in [0.5, 0.6) is 0 Å². The first-order chi connectivity index (χ1) is 15.9. The van der Waals surface area contributed by atoms with E-state index in [1.807, 2.05) is 17.0 Å². The highest BCUT2D eigenvalue weighted by Gasteiger charge is 2.47. The van der Waals surface area contributed by atoms with Crippen LogP contribution in [0.25, 0.3) is 10.9 Å². The van der Waals surface area contributed by atoms with E-state index in [1.165, 1.54) is 15.5 Å². The van der Waals surface area contributed by atoms with E-state index in [9.17, 15) is 18.0 Å². The van der Waals surface area contributed by atoms with Gasteiger partial charge in [-0.25, -0.2) is 0 Å². The molecule has 0 saturated carbocycles. The Morgan fingerprint density at radius 1 is 1.18 bits per heavy atom. The van der Waals surface area contributed by atoms with Crippen LogP contribution in [0.15, 0.2) is 47.4 Å². The summed E-state index contributed by atoms with van der Waals surface area (Å²) >= 11 is 0. The number of pyridine rings is 1. The average Bonchev–Trinajstić information content (AvgIpc) is 3.43. The number of fused-ring (bicyclic) bond motifs is 4. The first-order valence-electron chi connectivity index (χ1n) is 11.0. The molecule has 5 heterocycles. The minimum Gasteiger partial charge on any atom is -0.374 e. The molecule has 0 N–H and O–H groups in total. The van der Waals surface area contributed by atoms with Gasteiger partial charge in [0.25, 0.3) is 5.56 Å². The van der Waals surface area contributed by atoms with E-state index >= 15 is 0 Å². The molecule has 0 radical (unpaired) electrons. The number of rotatable bonds is 3. The largest absolute Gasteiger partial charge is 0.408 e. The van der Waals surface area contributed by atoms with Crippen LogP contribution in [0.2, 0.25) is 0 Å². The first-order valence-corrected chi connectivity index (χ1v) is 11.0. The van der Waals surface area contributed by atoms with Crippen LogP contribution >= 0.6 is 0 Å². The number of ether oxygens (including phenoxy) is 1. The summed E-state index contributed by atoms with van der Waals surface area (Å²) in [6.45, 7) is 1.09. The zero-order chi connectivity index (χ0) is 22.7. The molecule has 0 amide bonds. The molecule has 3 aliphatic heterocycles. The summed E-state index contributed by atoms with van der Waals surface area (Å²) in [5.74, 6) is 0.491. The number of aromatic nitrogens is 3. The molecule has 6 rings (SSSR count). The van der Waals surface area contributed by atoms with Gasteiger partial charge in [-0.3, -0.25) is 14.3 Å². The van der Waals surface area contributed by atoms with Crippen LogP contribution in [0.4, 0.5) is 24.9 Å². The van der Waals surface area contributed by atoms with E-state index in [4.69, 9.17) is 4.74 Å². The summed E-state index contributed by atoms with van der Waals surface area (Å²) < 4.78 is 49.4. The molecule has 3 aliphatic rings. The molecule has 0 aliphatic carbocycles.